The van der Waals surface area contributed by atoms with Crippen molar-refractivity contribution < 1.29 is 17.9 Å². The van der Waals surface area contributed by atoms with E-state index < -0.39 is 9.84 Å². The quantitative estimate of drug-likeness (QED) is 0.819. The Balaban J connectivity index is 2.49. The highest BCUT2D eigenvalue weighted by Crippen LogP contribution is 2.17. The molecule has 22 heavy (non-hydrogen) atoms. The number of sulfone groups is 1. The van der Waals surface area contributed by atoms with Crippen molar-refractivity contribution in [3.8, 4) is 5.75 Å². The van der Waals surface area contributed by atoms with E-state index in [0.717, 1.165) is 17.6 Å². The van der Waals surface area contributed by atoms with Crippen LogP contribution >= 0.6 is 0 Å². The van der Waals surface area contributed by atoms with Crippen molar-refractivity contribution >= 4 is 15.9 Å². The first kappa shape index (κ1) is 18.3. The summed E-state index contributed by atoms with van der Waals surface area (Å²) in [6.45, 7) is 2.16. The summed E-state index contributed by atoms with van der Waals surface area (Å²) in [7, 11) is 0.0881. The molecule has 1 aromatic carbocycles. The van der Waals surface area contributed by atoms with Gasteiger partial charge in [-0.1, -0.05) is 18.2 Å². The summed E-state index contributed by atoms with van der Waals surface area (Å²) < 4.78 is 27.8. The predicted molar refractivity (Wildman–Crippen MR) is 87.0 cm³/mol. The molecule has 0 aliphatic rings. The molecule has 0 radical (unpaired) electrons. The van der Waals surface area contributed by atoms with Crippen LogP contribution in [0.4, 0.5) is 4.79 Å². The second-order valence-electron chi connectivity index (χ2n) is 5.35. The van der Waals surface area contributed by atoms with Crippen LogP contribution in [0.3, 0.4) is 0 Å². The Kier molecular flexibility index (Phi) is 6.67. The Morgan fingerprint density at radius 2 is 2.00 bits per heavy atom. The Hall–Kier alpha value is -1.76. The molecule has 0 heterocycles. The molecular weight excluding hydrogens is 304 g/mol. The summed E-state index contributed by atoms with van der Waals surface area (Å²) in [5.41, 5.74) is 1.01. The van der Waals surface area contributed by atoms with Gasteiger partial charge < -0.3 is 15.0 Å². The Labute approximate surface area is 132 Å². The lowest BCUT2D eigenvalue weighted by molar-refractivity contribution is 0.198. The number of nitrogens with one attached hydrogen (secondary N) is 1. The number of amides is 2. The van der Waals surface area contributed by atoms with Gasteiger partial charge in [0, 0.05) is 25.9 Å². The molecule has 1 atom stereocenters. The Morgan fingerprint density at radius 1 is 1.36 bits per heavy atom. The number of methoxy groups -OCH3 is 1. The molecule has 1 aromatic rings. The van der Waals surface area contributed by atoms with Crippen LogP contribution in [0.5, 0.6) is 5.75 Å². The van der Waals surface area contributed by atoms with E-state index in [1.807, 2.05) is 24.3 Å². The Bertz CT molecular complexity index is 601. The van der Waals surface area contributed by atoms with Gasteiger partial charge in [0.2, 0.25) is 0 Å². The van der Waals surface area contributed by atoms with Crippen LogP contribution in [0, 0.1) is 0 Å². The fourth-order valence-electron chi connectivity index (χ4n) is 2.09. The zero-order chi connectivity index (χ0) is 16.8. The van der Waals surface area contributed by atoms with E-state index in [2.05, 4.69) is 5.32 Å². The molecule has 7 heteroatoms. The van der Waals surface area contributed by atoms with Crippen molar-refractivity contribution in [1.29, 1.82) is 0 Å². The summed E-state index contributed by atoms with van der Waals surface area (Å²) in [5, 5.41) is 2.79. The third-order valence-corrected chi connectivity index (χ3v) is 4.48. The lowest BCUT2D eigenvalue weighted by Gasteiger charge is -2.24. The van der Waals surface area contributed by atoms with E-state index in [9.17, 15) is 13.2 Å². The van der Waals surface area contributed by atoms with Gasteiger partial charge in [-0.3, -0.25) is 0 Å². The van der Waals surface area contributed by atoms with E-state index in [-0.39, 0.29) is 17.8 Å². The maximum absolute atomic E-state index is 12.0. The molecule has 0 unspecified atom stereocenters. The lowest BCUT2D eigenvalue weighted by Crippen LogP contribution is -2.45. The standard InChI is InChI=1S/C15H24N2O4S/c1-12(11-22(4,19)20)17(2)15(18)16-10-9-13-7-5-6-8-14(13)21-3/h5-8,12H,9-11H2,1-4H3,(H,16,18)/t12-/m0/s1. The van der Waals surface area contributed by atoms with Crippen LogP contribution in [0.1, 0.15) is 12.5 Å². The third-order valence-electron chi connectivity index (χ3n) is 3.39. The monoisotopic (exact) mass is 328 g/mol. The van der Waals surface area contributed by atoms with E-state index in [1.165, 1.54) is 4.90 Å². The van der Waals surface area contributed by atoms with Gasteiger partial charge in [-0.2, -0.15) is 0 Å². The van der Waals surface area contributed by atoms with Crippen LogP contribution in [0.15, 0.2) is 24.3 Å². The highest BCUT2D eigenvalue weighted by atomic mass is 32.2. The molecule has 0 spiro atoms. The van der Waals surface area contributed by atoms with E-state index in [4.69, 9.17) is 4.74 Å². The second kappa shape index (κ2) is 8.03. The van der Waals surface area contributed by atoms with Gasteiger partial charge in [-0.15, -0.1) is 0 Å². The molecule has 6 nitrogen and oxygen atoms in total. The summed E-state index contributed by atoms with van der Waals surface area (Å²) in [4.78, 5) is 13.4. The largest absolute Gasteiger partial charge is 0.496 e. The van der Waals surface area contributed by atoms with Gasteiger partial charge in [-0.05, 0) is 25.0 Å². The first-order valence-corrected chi connectivity index (χ1v) is 9.11. The first-order valence-electron chi connectivity index (χ1n) is 7.05. The minimum absolute atomic E-state index is 0.0522. The maximum atomic E-state index is 12.0. The van der Waals surface area contributed by atoms with Gasteiger partial charge in [0.1, 0.15) is 15.6 Å². The van der Waals surface area contributed by atoms with E-state index >= 15 is 0 Å². The van der Waals surface area contributed by atoms with Gasteiger partial charge in [0.25, 0.3) is 0 Å². The number of ether oxygens (including phenoxy) is 1. The Morgan fingerprint density at radius 3 is 2.59 bits per heavy atom. The molecule has 0 saturated heterocycles. The number of urea groups is 1. The molecular formula is C15H24N2O4S. The smallest absolute Gasteiger partial charge is 0.317 e. The summed E-state index contributed by atoms with van der Waals surface area (Å²) >= 11 is 0. The molecule has 1 rings (SSSR count). The zero-order valence-corrected chi connectivity index (χ0v) is 14.3. The van der Waals surface area contributed by atoms with Gasteiger partial charge in [0.05, 0.1) is 12.9 Å². The average molecular weight is 328 g/mol. The number of para-hydroxylation sites is 1. The molecule has 0 saturated carbocycles. The summed E-state index contributed by atoms with van der Waals surface area (Å²) in [6.07, 6.45) is 1.81. The number of nitrogens with zero attached hydrogens (tertiary/aromatic N) is 1. The van der Waals surface area contributed by atoms with Gasteiger partial charge in [-0.25, -0.2) is 13.2 Å². The minimum atomic E-state index is -3.11. The third kappa shape index (κ3) is 5.93. The van der Waals surface area contributed by atoms with Crippen molar-refractivity contribution in [3.63, 3.8) is 0 Å². The average Bonchev–Trinajstić information content (AvgIpc) is 2.45. The van der Waals surface area contributed by atoms with Crippen molar-refractivity contribution in [2.45, 2.75) is 19.4 Å². The normalized spacial score (nSPS) is 12.5. The summed E-state index contributed by atoms with van der Waals surface area (Å²) in [5.74, 6) is 0.735. The number of hydrogen-bond donors (Lipinski definition) is 1. The molecule has 0 aliphatic carbocycles. The minimum Gasteiger partial charge on any atom is -0.496 e. The number of benzene rings is 1. The van der Waals surface area contributed by atoms with Gasteiger partial charge in [0.15, 0.2) is 0 Å². The van der Waals surface area contributed by atoms with Crippen LogP contribution in [0.2, 0.25) is 0 Å². The first-order chi connectivity index (χ1) is 10.2. The number of rotatable bonds is 7. The van der Waals surface area contributed by atoms with E-state index in [1.54, 1.807) is 21.1 Å². The number of hydrogen-bond acceptors (Lipinski definition) is 4. The SMILES string of the molecule is COc1ccccc1CCNC(=O)N(C)[C@@H](C)CS(C)(=O)=O. The number of carbonyl (C=O) groups excluding carboxylic acids is 1. The fourth-order valence-corrected chi connectivity index (χ4v) is 3.19. The lowest BCUT2D eigenvalue weighted by atomic mass is 10.1. The van der Waals surface area contributed by atoms with Crippen molar-refractivity contribution in [1.82, 2.24) is 10.2 Å². The van der Waals surface area contributed by atoms with Crippen LogP contribution in [-0.2, 0) is 16.3 Å². The zero-order valence-electron chi connectivity index (χ0n) is 13.5. The maximum Gasteiger partial charge on any atom is 0.317 e. The topological polar surface area (TPSA) is 75.7 Å². The molecule has 1 N–H and O–H groups in total. The molecule has 124 valence electrons. The molecule has 0 aromatic heterocycles. The van der Waals surface area contributed by atoms with Crippen molar-refractivity contribution in [2.24, 2.45) is 0 Å². The van der Waals surface area contributed by atoms with Crippen LogP contribution in [0.25, 0.3) is 0 Å². The molecule has 2 amide bonds. The highest BCUT2D eigenvalue weighted by molar-refractivity contribution is 7.90. The highest BCUT2D eigenvalue weighted by Gasteiger charge is 2.19. The van der Waals surface area contributed by atoms with Crippen LogP contribution < -0.4 is 10.1 Å². The second-order valence-corrected chi connectivity index (χ2v) is 7.53. The molecule has 0 fully saturated rings. The molecule has 0 bridgehead atoms. The van der Waals surface area contributed by atoms with E-state index in [0.29, 0.717) is 13.0 Å². The predicted octanol–water partition coefficient (Wildman–Crippen LogP) is 1.31. The molecule has 0 aliphatic heterocycles. The van der Waals surface area contributed by atoms with Crippen LogP contribution in [-0.4, -0.2) is 58.1 Å². The summed E-state index contributed by atoms with van der Waals surface area (Å²) in [6, 6.07) is 6.97. The fraction of sp³-hybridized carbons (Fsp3) is 0.533. The van der Waals surface area contributed by atoms with Gasteiger partial charge >= 0.3 is 6.03 Å². The number of carbonyl (C=O) groups is 1. The van der Waals surface area contributed by atoms with Crippen molar-refractivity contribution in [2.75, 3.05) is 32.7 Å². The van der Waals surface area contributed by atoms with Crippen molar-refractivity contribution in [3.05, 3.63) is 29.8 Å².